The summed E-state index contributed by atoms with van der Waals surface area (Å²) in [4.78, 5) is 11.4. The SMILES string of the molecule is CC(=O)OC1C(C)OC(Oc2c(O)c(C)c3c4c2[C@H](C)CC[C@@H]4[C@@H](C)C[C@@H]3C=C(C)C)C(O)C1O. The van der Waals surface area contributed by atoms with E-state index >= 15 is 0 Å². The highest BCUT2D eigenvalue weighted by molar-refractivity contribution is 5.66. The number of rotatable bonds is 4. The zero-order valence-electron chi connectivity index (χ0n) is 21.9. The minimum atomic E-state index is -1.45. The van der Waals surface area contributed by atoms with E-state index in [0.29, 0.717) is 17.6 Å². The lowest BCUT2D eigenvalue weighted by Gasteiger charge is -2.45. The number of benzene rings is 1. The summed E-state index contributed by atoms with van der Waals surface area (Å²) in [5.41, 5.74) is 5.50. The molecule has 1 heterocycles. The number of aliphatic hydroxyl groups excluding tert-OH is 2. The van der Waals surface area contributed by atoms with Crippen LogP contribution in [0.25, 0.3) is 0 Å². The molecule has 1 aromatic rings. The van der Waals surface area contributed by atoms with E-state index in [-0.39, 0.29) is 17.6 Å². The van der Waals surface area contributed by atoms with Gasteiger partial charge in [-0.3, -0.25) is 4.79 Å². The molecule has 1 aromatic carbocycles. The van der Waals surface area contributed by atoms with E-state index < -0.39 is 36.7 Å². The highest BCUT2D eigenvalue weighted by Crippen LogP contribution is 2.58. The van der Waals surface area contributed by atoms with Gasteiger partial charge in [0, 0.05) is 18.4 Å². The van der Waals surface area contributed by atoms with Gasteiger partial charge in [-0.2, -0.15) is 0 Å². The molecule has 3 N–H and O–H groups in total. The zero-order chi connectivity index (χ0) is 25.8. The number of carbonyl (C=O) groups is 1. The molecule has 0 radical (unpaired) electrons. The van der Waals surface area contributed by atoms with Crippen molar-refractivity contribution in [2.75, 3.05) is 0 Å². The maximum Gasteiger partial charge on any atom is 0.303 e. The number of phenols is 1. The maximum atomic E-state index is 11.4. The van der Waals surface area contributed by atoms with Gasteiger partial charge in [-0.05, 0) is 81.4 Å². The summed E-state index contributed by atoms with van der Waals surface area (Å²) in [6.45, 7) is 13.5. The van der Waals surface area contributed by atoms with E-state index in [9.17, 15) is 20.1 Å². The van der Waals surface area contributed by atoms with Crippen molar-refractivity contribution in [2.45, 2.75) is 116 Å². The first-order valence-electron chi connectivity index (χ1n) is 12.8. The third-order valence-electron chi connectivity index (χ3n) is 8.10. The monoisotopic (exact) mass is 488 g/mol. The predicted molar refractivity (Wildman–Crippen MR) is 132 cm³/mol. The van der Waals surface area contributed by atoms with Gasteiger partial charge < -0.3 is 29.5 Å². The molecular formula is C28H40O7. The van der Waals surface area contributed by atoms with Crippen LogP contribution in [0.2, 0.25) is 0 Å². The molecule has 0 aromatic heterocycles. The first kappa shape index (κ1) is 26.0. The molecule has 194 valence electrons. The van der Waals surface area contributed by atoms with E-state index in [4.69, 9.17) is 14.2 Å². The van der Waals surface area contributed by atoms with Crippen LogP contribution in [0.15, 0.2) is 11.6 Å². The lowest BCUT2D eigenvalue weighted by atomic mass is 9.62. The number of aliphatic hydroxyl groups is 2. The number of hydrogen-bond donors (Lipinski definition) is 3. The van der Waals surface area contributed by atoms with Crippen molar-refractivity contribution in [1.29, 1.82) is 0 Å². The van der Waals surface area contributed by atoms with Gasteiger partial charge in [-0.15, -0.1) is 0 Å². The molecule has 2 aliphatic carbocycles. The number of hydrogen-bond acceptors (Lipinski definition) is 7. The first-order valence-corrected chi connectivity index (χ1v) is 12.8. The zero-order valence-corrected chi connectivity index (χ0v) is 21.9. The molecule has 35 heavy (non-hydrogen) atoms. The van der Waals surface area contributed by atoms with Crippen LogP contribution in [0.1, 0.15) is 101 Å². The standard InChI is InChI=1S/C28H40O7/c1-12(2)10-18-11-14(4)19-9-8-13(3)20-22(19)21(18)15(5)23(30)27(20)35-28-25(32)24(31)26(16(6)33-28)34-17(7)29/h10,13-14,16,18-19,24-26,28,30-32H,8-9,11H2,1-7H3/t13-,14+,16?,18+,19-,24?,25?,26?,28?/m1/s1. The van der Waals surface area contributed by atoms with Crippen molar-refractivity contribution in [3.8, 4) is 11.5 Å². The van der Waals surface area contributed by atoms with Crippen LogP contribution in [-0.2, 0) is 14.3 Å². The predicted octanol–water partition coefficient (Wildman–Crippen LogP) is 4.55. The van der Waals surface area contributed by atoms with Crippen LogP contribution in [-0.4, -0.2) is 52.0 Å². The second-order valence-corrected chi connectivity index (χ2v) is 11.1. The molecule has 7 heteroatoms. The summed E-state index contributed by atoms with van der Waals surface area (Å²) in [5, 5.41) is 32.9. The Bertz CT molecular complexity index is 1010. The molecule has 7 nitrogen and oxygen atoms in total. The highest BCUT2D eigenvalue weighted by Gasteiger charge is 2.47. The summed E-state index contributed by atoms with van der Waals surface area (Å²) in [5.74, 6) is 1.10. The van der Waals surface area contributed by atoms with E-state index in [0.717, 1.165) is 30.4 Å². The molecule has 5 unspecified atom stereocenters. The van der Waals surface area contributed by atoms with E-state index in [1.54, 1.807) is 6.92 Å². The number of allylic oxidation sites excluding steroid dienone is 2. The van der Waals surface area contributed by atoms with Crippen molar-refractivity contribution in [2.24, 2.45) is 5.92 Å². The number of ether oxygens (including phenoxy) is 3. The molecule has 0 saturated carbocycles. The van der Waals surface area contributed by atoms with Crippen molar-refractivity contribution >= 4 is 5.97 Å². The molecular weight excluding hydrogens is 448 g/mol. The second kappa shape index (κ2) is 9.75. The van der Waals surface area contributed by atoms with Crippen molar-refractivity contribution in [3.05, 3.63) is 33.9 Å². The molecule has 4 rings (SSSR count). The first-order chi connectivity index (χ1) is 16.4. The van der Waals surface area contributed by atoms with Crippen LogP contribution in [0.3, 0.4) is 0 Å². The van der Waals surface area contributed by atoms with E-state index in [1.807, 2.05) is 6.92 Å². The molecule has 1 aliphatic heterocycles. The molecule has 1 saturated heterocycles. The maximum absolute atomic E-state index is 11.4. The Morgan fingerprint density at radius 3 is 2.34 bits per heavy atom. The van der Waals surface area contributed by atoms with Gasteiger partial charge in [0.1, 0.15) is 12.2 Å². The Hall–Kier alpha value is -2.09. The van der Waals surface area contributed by atoms with Crippen LogP contribution >= 0.6 is 0 Å². The Morgan fingerprint density at radius 1 is 1.03 bits per heavy atom. The molecule has 0 spiro atoms. The number of aromatic hydroxyl groups is 1. The van der Waals surface area contributed by atoms with Crippen LogP contribution in [0.5, 0.6) is 11.5 Å². The quantitative estimate of drug-likeness (QED) is 0.422. The van der Waals surface area contributed by atoms with E-state index in [1.165, 1.54) is 23.6 Å². The lowest BCUT2D eigenvalue weighted by molar-refractivity contribution is -0.272. The molecule has 0 amide bonds. The largest absolute Gasteiger partial charge is 0.504 e. The minimum Gasteiger partial charge on any atom is -0.504 e. The van der Waals surface area contributed by atoms with E-state index in [2.05, 4.69) is 33.8 Å². The van der Waals surface area contributed by atoms with Crippen LogP contribution in [0, 0.1) is 12.8 Å². The normalized spacial score (nSPS) is 36.2. The Morgan fingerprint density at radius 2 is 1.71 bits per heavy atom. The third-order valence-corrected chi connectivity index (χ3v) is 8.10. The number of phenolic OH excluding ortho intramolecular Hbond substituents is 1. The van der Waals surface area contributed by atoms with Gasteiger partial charge >= 0.3 is 5.97 Å². The van der Waals surface area contributed by atoms with Gasteiger partial charge in [0.15, 0.2) is 17.6 Å². The smallest absolute Gasteiger partial charge is 0.303 e. The van der Waals surface area contributed by atoms with Gasteiger partial charge in [0.2, 0.25) is 6.29 Å². The topological polar surface area (TPSA) is 105 Å². The Labute approximate surface area is 208 Å². The molecule has 0 bridgehead atoms. The lowest BCUT2D eigenvalue weighted by Crippen LogP contribution is -2.59. The molecule has 9 atom stereocenters. The van der Waals surface area contributed by atoms with Gasteiger partial charge in [0.25, 0.3) is 0 Å². The van der Waals surface area contributed by atoms with Crippen molar-refractivity contribution in [3.63, 3.8) is 0 Å². The Balaban J connectivity index is 1.79. The number of esters is 1. The highest BCUT2D eigenvalue weighted by atomic mass is 16.7. The second-order valence-electron chi connectivity index (χ2n) is 11.1. The summed E-state index contributed by atoms with van der Waals surface area (Å²) in [6.07, 6.45) is -0.333. The van der Waals surface area contributed by atoms with Crippen molar-refractivity contribution in [1.82, 2.24) is 0 Å². The minimum absolute atomic E-state index is 0.0630. The summed E-state index contributed by atoms with van der Waals surface area (Å²) in [7, 11) is 0. The third kappa shape index (κ3) is 4.58. The molecule has 3 aliphatic rings. The summed E-state index contributed by atoms with van der Waals surface area (Å²) >= 11 is 0. The van der Waals surface area contributed by atoms with Gasteiger partial charge in [-0.1, -0.05) is 25.5 Å². The average molecular weight is 489 g/mol. The summed E-state index contributed by atoms with van der Waals surface area (Å²) < 4.78 is 17.3. The fraction of sp³-hybridized carbons (Fsp3) is 0.679. The summed E-state index contributed by atoms with van der Waals surface area (Å²) in [6, 6.07) is 0. The molecule has 1 fully saturated rings. The fourth-order valence-corrected chi connectivity index (χ4v) is 6.48. The fourth-order valence-electron chi connectivity index (χ4n) is 6.48. The number of carbonyl (C=O) groups excluding carboxylic acids is 1. The average Bonchev–Trinajstić information content (AvgIpc) is 2.76. The van der Waals surface area contributed by atoms with Crippen LogP contribution in [0.4, 0.5) is 0 Å². The van der Waals surface area contributed by atoms with Gasteiger partial charge in [-0.25, -0.2) is 0 Å². The van der Waals surface area contributed by atoms with Crippen molar-refractivity contribution < 1.29 is 34.3 Å². The van der Waals surface area contributed by atoms with Gasteiger partial charge in [0.05, 0.1) is 6.10 Å². The Kier molecular flexibility index (Phi) is 7.24. The van der Waals surface area contributed by atoms with Crippen LogP contribution < -0.4 is 4.74 Å².